The molecule has 1 rings (SSSR count). The molecule has 2 heteroatoms. The van der Waals surface area contributed by atoms with Crippen molar-refractivity contribution in [2.24, 2.45) is 0 Å². The summed E-state index contributed by atoms with van der Waals surface area (Å²) < 4.78 is 0. The van der Waals surface area contributed by atoms with Gasteiger partial charge in [-0.2, -0.15) is 12.6 Å². The van der Waals surface area contributed by atoms with E-state index in [-0.39, 0.29) is 5.25 Å². The van der Waals surface area contributed by atoms with Crippen molar-refractivity contribution in [3.63, 3.8) is 0 Å². The number of aromatic nitrogens is 1. The van der Waals surface area contributed by atoms with Gasteiger partial charge < -0.3 is 0 Å². The summed E-state index contributed by atoms with van der Waals surface area (Å²) >= 11 is 4.33. The molecule has 1 unspecified atom stereocenters. The van der Waals surface area contributed by atoms with E-state index in [1.807, 2.05) is 6.20 Å². The second kappa shape index (κ2) is 3.94. The smallest absolute Gasteiger partial charge is 0.0429 e. The Bertz CT molecular complexity index is 212. The maximum Gasteiger partial charge on any atom is 0.0429 e. The Morgan fingerprint density at radius 1 is 1.25 bits per heavy atom. The molecule has 1 atom stereocenters. The summed E-state index contributed by atoms with van der Waals surface area (Å²) in [4.78, 5) is 4.35. The molecular formula is C10H15NS. The molecule has 0 radical (unpaired) electrons. The van der Waals surface area contributed by atoms with Gasteiger partial charge in [0.15, 0.2) is 0 Å². The minimum Gasteiger partial charge on any atom is -0.261 e. The molecule has 0 saturated carbocycles. The highest BCUT2D eigenvalue weighted by Crippen LogP contribution is 2.19. The lowest BCUT2D eigenvalue weighted by Crippen LogP contribution is -1.93. The molecule has 0 amide bonds. The zero-order valence-corrected chi connectivity index (χ0v) is 8.68. The summed E-state index contributed by atoms with van der Waals surface area (Å²) in [6.07, 6.45) is 1.91. The van der Waals surface area contributed by atoms with Crippen LogP contribution in [0.5, 0.6) is 0 Å². The lowest BCUT2D eigenvalue weighted by Gasteiger charge is -2.07. The van der Waals surface area contributed by atoms with Gasteiger partial charge in [0, 0.05) is 17.1 Å². The van der Waals surface area contributed by atoms with Crippen LogP contribution in [0.25, 0.3) is 0 Å². The number of thiol groups is 1. The van der Waals surface area contributed by atoms with Crippen molar-refractivity contribution in [2.75, 3.05) is 0 Å². The highest BCUT2D eigenvalue weighted by molar-refractivity contribution is 7.80. The number of rotatable bonds is 2. The topological polar surface area (TPSA) is 12.9 Å². The van der Waals surface area contributed by atoms with E-state index in [9.17, 15) is 0 Å². The number of pyridine rings is 1. The first-order valence-electron chi connectivity index (χ1n) is 4.25. The van der Waals surface area contributed by atoms with Gasteiger partial charge in [0.05, 0.1) is 0 Å². The van der Waals surface area contributed by atoms with Gasteiger partial charge in [0.25, 0.3) is 0 Å². The van der Waals surface area contributed by atoms with Crippen LogP contribution in [-0.2, 0) is 0 Å². The Morgan fingerprint density at radius 2 is 1.92 bits per heavy atom. The summed E-state index contributed by atoms with van der Waals surface area (Å²) in [7, 11) is 0. The largest absolute Gasteiger partial charge is 0.261 e. The van der Waals surface area contributed by atoms with Crippen molar-refractivity contribution >= 4 is 12.6 Å². The molecule has 1 nitrogen and oxygen atoms in total. The summed E-state index contributed by atoms with van der Waals surface area (Å²) in [5.41, 5.74) is 2.33. The van der Waals surface area contributed by atoms with Gasteiger partial charge in [0.2, 0.25) is 0 Å². The normalized spacial score (nSPS) is 13.4. The van der Waals surface area contributed by atoms with Crippen molar-refractivity contribution in [3.8, 4) is 0 Å². The Morgan fingerprint density at radius 3 is 2.25 bits per heavy atom. The fourth-order valence-corrected chi connectivity index (χ4v) is 1.16. The number of hydrogen-bond donors (Lipinski definition) is 1. The SMILES string of the molecule is CC(C)c1ccc(C(C)S)cn1. The van der Waals surface area contributed by atoms with Crippen LogP contribution in [0.1, 0.15) is 43.2 Å². The Labute approximate surface area is 79.6 Å². The standard InChI is InChI=1S/C10H15NS/c1-7(2)10-5-4-9(6-11-10)8(3)12/h4-8,12H,1-3H3. The van der Waals surface area contributed by atoms with Crippen molar-refractivity contribution in [2.45, 2.75) is 31.9 Å². The van der Waals surface area contributed by atoms with Crippen molar-refractivity contribution in [1.82, 2.24) is 4.98 Å². The summed E-state index contributed by atoms with van der Waals surface area (Å²) in [6, 6.07) is 4.17. The highest BCUT2D eigenvalue weighted by atomic mass is 32.1. The molecule has 1 heterocycles. The van der Waals surface area contributed by atoms with Gasteiger partial charge in [-0.1, -0.05) is 19.9 Å². The molecule has 0 spiro atoms. The fraction of sp³-hybridized carbons (Fsp3) is 0.500. The molecule has 0 bridgehead atoms. The van der Waals surface area contributed by atoms with Gasteiger partial charge in [-0.3, -0.25) is 4.98 Å². The molecule has 12 heavy (non-hydrogen) atoms. The third-order valence-electron chi connectivity index (χ3n) is 1.88. The van der Waals surface area contributed by atoms with E-state index in [0.29, 0.717) is 5.92 Å². The Hall–Kier alpha value is -0.500. The molecule has 0 N–H and O–H groups in total. The Kier molecular flexibility index (Phi) is 3.15. The first kappa shape index (κ1) is 9.59. The van der Waals surface area contributed by atoms with Crippen LogP contribution < -0.4 is 0 Å². The minimum absolute atomic E-state index is 0.277. The molecule has 0 aromatic carbocycles. The van der Waals surface area contributed by atoms with Crippen molar-refractivity contribution < 1.29 is 0 Å². The van der Waals surface area contributed by atoms with Gasteiger partial charge in [-0.25, -0.2) is 0 Å². The Balaban J connectivity index is 2.86. The second-order valence-electron chi connectivity index (χ2n) is 3.35. The molecule has 0 saturated heterocycles. The van der Waals surface area contributed by atoms with Crippen LogP contribution >= 0.6 is 12.6 Å². The molecular weight excluding hydrogens is 166 g/mol. The third-order valence-corrected chi connectivity index (χ3v) is 2.18. The fourth-order valence-electron chi connectivity index (χ4n) is 1.01. The van der Waals surface area contributed by atoms with Crippen LogP contribution in [0.4, 0.5) is 0 Å². The lowest BCUT2D eigenvalue weighted by molar-refractivity contribution is 0.818. The summed E-state index contributed by atoms with van der Waals surface area (Å²) in [6.45, 7) is 6.34. The van der Waals surface area contributed by atoms with E-state index in [0.717, 1.165) is 5.69 Å². The molecule has 1 aromatic rings. The molecule has 66 valence electrons. The maximum atomic E-state index is 4.35. The monoisotopic (exact) mass is 181 g/mol. The third kappa shape index (κ3) is 2.24. The zero-order chi connectivity index (χ0) is 9.14. The molecule has 0 aliphatic rings. The van der Waals surface area contributed by atoms with Gasteiger partial charge in [0.1, 0.15) is 0 Å². The molecule has 0 aliphatic carbocycles. The average molecular weight is 181 g/mol. The van der Waals surface area contributed by atoms with Crippen LogP contribution in [0.3, 0.4) is 0 Å². The quantitative estimate of drug-likeness (QED) is 0.691. The summed E-state index contributed by atoms with van der Waals surface area (Å²) in [5, 5.41) is 0.277. The highest BCUT2D eigenvalue weighted by Gasteiger charge is 2.02. The van der Waals surface area contributed by atoms with E-state index >= 15 is 0 Å². The van der Waals surface area contributed by atoms with E-state index in [1.165, 1.54) is 5.56 Å². The van der Waals surface area contributed by atoms with E-state index in [2.05, 4.69) is 50.5 Å². The van der Waals surface area contributed by atoms with E-state index in [4.69, 9.17) is 0 Å². The maximum absolute atomic E-state index is 4.35. The van der Waals surface area contributed by atoms with Gasteiger partial charge in [-0.05, 0) is 24.5 Å². The zero-order valence-electron chi connectivity index (χ0n) is 7.78. The van der Waals surface area contributed by atoms with Crippen LogP contribution in [0, 0.1) is 0 Å². The first-order chi connectivity index (χ1) is 5.61. The first-order valence-corrected chi connectivity index (χ1v) is 4.77. The van der Waals surface area contributed by atoms with Crippen molar-refractivity contribution in [3.05, 3.63) is 29.6 Å². The minimum atomic E-state index is 0.277. The van der Waals surface area contributed by atoms with E-state index < -0.39 is 0 Å². The lowest BCUT2D eigenvalue weighted by atomic mass is 10.1. The summed E-state index contributed by atoms with van der Waals surface area (Å²) in [5.74, 6) is 0.509. The second-order valence-corrected chi connectivity index (χ2v) is 4.12. The van der Waals surface area contributed by atoms with Crippen molar-refractivity contribution in [1.29, 1.82) is 0 Å². The number of hydrogen-bond acceptors (Lipinski definition) is 2. The van der Waals surface area contributed by atoms with Gasteiger partial charge in [-0.15, -0.1) is 0 Å². The molecule has 0 fully saturated rings. The number of nitrogens with zero attached hydrogens (tertiary/aromatic N) is 1. The predicted octanol–water partition coefficient (Wildman–Crippen LogP) is 3.20. The van der Waals surface area contributed by atoms with Crippen LogP contribution in [0.2, 0.25) is 0 Å². The average Bonchev–Trinajstić information content (AvgIpc) is 2.04. The van der Waals surface area contributed by atoms with Crippen LogP contribution in [0.15, 0.2) is 18.3 Å². The van der Waals surface area contributed by atoms with Gasteiger partial charge >= 0.3 is 0 Å². The molecule has 0 aliphatic heterocycles. The van der Waals surface area contributed by atoms with E-state index in [1.54, 1.807) is 0 Å². The molecule has 1 aromatic heterocycles. The van der Waals surface area contributed by atoms with Crippen LogP contribution in [-0.4, -0.2) is 4.98 Å². The predicted molar refractivity (Wildman–Crippen MR) is 55.7 cm³/mol.